The van der Waals surface area contributed by atoms with E-state index in [2.05, 4.69) is 33.7 Å². The summed E-state index contributed by atoms with van der Waals surface area (Å²) in [5.74, 6) is 0.976. The molecule has 3 aromatic rings. The Labute approximate surface area is 190 Å². The van der Waals surface area contributed by atoms with Gasteiger partial charge in [-0.15, -0.1) is 11.6 Å². The predicted molar refractivity (Wildman–Crippen MR) is 127 cm³/mol. The zero-order chi connectivity index (χ0) is 22.1. The fourth-order valence-corrected chi connectivity index (χ4v) is 5.12. The molecule has 1 N–H and O–H groups in total. The Balaban J connectivity index is 1.42. The molecule has 0 aliphatic heterocycles. The normalized spacial score (nSPS) is 16.2. The van der Waals surface area contributed by atoms with Gasteiger partial charge in [-0.3, -0.25) is 5.32 Å². The number of aromatic nitrogens is 3. The molecule has 0 bridgehead atoms. The van der Waals surface area contributed by atoms with Gasteiger partial charge in [-0.2, -0.15) is 0 Å². The Kier molecular flexibility index (Phi) is 6.16. The van der Waals surface area contributed by atoms with Crippen molar-refractivity contribution in [3.8, 4) is 0 Å². The largest absolute Gasteiger partial charge is 0.444 e. The number of anilines is 1. The summed E-state index contributed by atoms with van der Waals surface area (Å²) in [6.45, 7) is 9.08. The summed E-state index contributed by atoms with van der Waals surface area (Å²) in [5.41, 5.74) is 5.92. The van der Waals surface area contributed by atoms with Gasteiger partial charge in [-0.25, -0.2) is 14.8 Å². The first-order chi connectivity index (χ1) is 14.9. The van der Waals surface area contributed by atoms with E-state index in [0.29, 0.717) is 5.00 Å². The van der Waals surface area contributed by atoms with Crippen LogP contribution in [0, 0.1) is 13.8 Å². The Bertz CT molecular complexity index is 1210. The summed E-state index contributed by atoms with van der Waals surface area (Å²) in [7, 11) is 0. The van der Waals surface area contributed by atoms with Crippen LogP contribution in [0.25, 0.3) is 16.6 Å². The third kappa shape index (κ3) is 4.52. The fraction of sp³-hybridized carbons (Fsp3) is 0.348. The first-order valence-corrected chi connectivity index (χ1v) is 11.5. The van der Waals surface area contributed by atoms with Crippen molar-refractivity contribution in [1.29, 1.82) is 0 Å². The van der Waals surface area contributed by atoms with Crippen LogP contribution >= 0.6 is 22.9 Å². The SMILES string of the molecule is CCn1c(C)nc2cc(COC(=O)Nc3sc(C4=C(C)CC(Cl)C=C4)nc3C)ccc21. The lowest BCUT2D eigenvalue weighted by Crippen LogP contribution is -2.13. The zero-order valence-electron chi connectivity index (χ0n) is 18.0. The number of allylic oxidation sites excluding steroid dienone is 4. The summed E-state index contributed by atoms with van der Waals surface area (Å²) in [5, 5.41) is 4.41. The van der Waals surface area contributed by atoms with Gasteiger partial charge in [0.25, 0.3) is 0 Å². The number of thiazole rings is 1. The van der Waals surface area contributed by atoms with E-state index < -0.39 is 6.09 Å². The molecule has 4 rings (SSSR count). The van der Waals surface area contributed by atoms with Gasteiger partial charge in [0, 0.05) is 12.1 Å². The topological polar surface area (TPSA) is 69.0 Å². The van der Waals surface area contributed by atoms with Crippen molar-refractivity contribution in [3.63, 3.8) is 0 Å². The van der Waals surface area contributed by atoms with Gasteiger partial charge in [0.1, 0.15) is 22.4 Å². The molecule has 8 heteroatoms. The average molecular weight is 457 g/mol. The molecule has 162 valence electrons. The number of rotatable bonds is 5. The van der Waals surface area contributed by atoms with Crippen molar-refractivity contribution in [2.24, 2.45) is 0 Å². The lowest BCUT2D eigenvalue weighted by Gasteiger charge is -2.14. The van der Waals surface area contributed by atoms with Crippen molar-refractivity contribution < 1.29 is 9.53 Å². The number of imidazole rings is 1. The van der Waals surface area contributed by atoms with Gasteiger partial charge in [0.2, 0.25) is 0 Å². The van der Waals surface area contributed by atoms with E-state index in [-0.39, 0.29) is 12.0 Å². The maximum absolute atomic E-state index is 12.4. The third-order valence-corrected chi connectivity index (χ3v) is 6.77. The first kappa shape index (κ1) is 21.6. The Morgan fingerprint density at radius 1 is 1.32 bits per heavy atom. The van der Waals surface area contributed by atoms with Crippen molar-refractivity contribution in [2.75, 3.05) is 5.32 Å². The van der Waals surface area contributed by atoms with Crippen molar-refractivity contribution in [1.82, 2.24) is 14.5 Å². The lowest BCUT2D eigenvalue weighted by atomic mass is 9.99. The standard InChI is InChI=1S/C23H25ClN4O2S/c1-5-28-15(4)26-19-11-16(6-9-20(19)28)12-30-23(29)27-21-14(3)25-22(31-21)18-8-7-17(24)10-13(18)2/h6-9,11,17H,5,10,12H2,1-4H3,(H,27,29). The molecular weight excluding hydrogens is 432 g/mol. The van der Waals surface area contributed by atoms with Gasteiger partial charge in [0.15, 0.2) is 0 Å². The van der Waals surface area contributed by atoms with Crippen molar-refractivity contribution in [3.05, 3.63) is 58.0 Å². The number of hydrogen-bond donors (Lipinski definition) is 1. The number of hydrogen-bond acceptors (Lipinski definition) is 5. The number of ether oxygens (including phenoxy) is 1. The number of nitrogens with one attached hydrogen (secondary N) is 1. The van der Waals surface area contributed by atoms with Crippen LogP contribution in [0.5, 0.6) is 0 Å². The molecule has 0 fully saturated rings. The van der Waals surface area contributed by atoms with E-state index in [4.69, 9.17) is 16.3 Å². The summed E-state index contributed by atoms with van der Waals surface area (Å²) < 4.78 is 7.60. The van der Waals surface area contributed by atoms with E-state index in [0.717, 1.165) is 51.7 Å². The molecule has 0 saturated carbocycles. The molecule has 31 heavy (non-hydrogen) atoms. The highest BCUT2D eigenvalue weighted by molar-refractivity contribution is 7.17. The number of aryl methyl sites for hydroxylation is 3. The van der Waals surface area contributed by atoms with Crippen LogP contribution in [-0.2, 0) is 17.9 Å². The number of amides is 1. The second kappa shape index (κ2) is 8.85. The molecule has 1 aliphatic carbocycles. The van der Waals surface area contributed by atoms with Crippen molar-refractivity contribution >= 4 is 50.6 Å². The Morgan fingerprint density at radius 2 is 2.13 bits per heavy atom. The number of benzene rings is 1. The van der Waals surface area contributed by atoms with Gasteiger partial charge in [0.05, 0.1) is 22.1 Å². The highest BCUT2D eigenvalue weighted by Crippen LogP contribution is 2.35. The molecule has 2 heterocycles. The molecule has 6 nitrogen and oxygen atoms in total. The van der Waals surface area contributed by atoms with Crippen LogP contribution in [0.3, 0.4) is 0 Å². The van der Waals surface area contributed by atoms with E-state index >= 15 is 0 Å². The average Bonchev–Trinajstić information content (AvgIpc) is 3.24. The minimum absolute atomic E-state index is 0.0243. The molecule has 1 aliphatic rings. The molecule has 1 amide bonds. The molecule has 0 spiro atoms. The van der Waals surface area contributed by atoms with Gasteiger partial charge < -0.3 is 9.30 Å². The van der Waals surface area contributed by atoms with Gasteiger partial charge in [-0.1, -0.05) is 35.1 Å². The molecular formula is C23H25ClN4O2S. The Morgan fingerprint density at radius 3 is 2.87 bits per heavy atom. The van der Waals surface area contributed by atoms with Crippen molar-refractivity contribution in [2.45, 2.75) is 52.6 Å². The quantitative estimate of drug-likeness (QED) is 0.463. The van der Waals surface area contributed by atoms with Crippen LogP contribution in [0.15, 0.2) is 35.9 Å². The van der Waals surface area contributed by atoms with Crippen LogP contribution in [0.2, 0.25) is 0 Å². The molecule has 0 saturated heterocycles. The van der Waals surface area contributed by atoms with Gasteiger partial charge >= 0.3 is 6.09 Å². The number of nitrogens with zero attached hydrogens (tertiary/aromatic N) is 3. The number of carbonyl (C=O) groups excluding carboxylic acids is 1. The smallest absolute Gasteiger partial charge is 0.412 e. The lowest BCUT2D eigenvalue weighted by molar-refractivity contribution is 0.155. The van der Waals surface area contributed by atoms with E-state index in [1.807, 2.05) is 44.2 Å². The second-order valence-corrected chi connectivity index (χ2v) is 9.19. The number of carbonyl (C=O) groups is 1. The van der Waals surface area contributed by atoms with Crippen LogP contribution in [0.4, 0.5) is 9.80 Å². The van der Waals surface area contributed by atoms with Crippen LogP contribution in [0.1, 0.15) is 42.4 Å². The highest BCUT2D eigenvalue weighted by atomic mass is 35.5. The zero-order valence-corrected chi connectivity index (χ0v) is 19.6. The summed E-state index contributed by atoms with van der Waals surface area (Å²) in [4.78, 5) is 21.6. The minimum Gasteiger partial charge on any atom is -0.444 e. The summed E-state index contributed by atoms with van der Waals surface area (Å²) in [6.07, 6.45) is 4.29. The molecule has 1 atom stereocenters. The molecule has 0 radical (unpaired) electrons. The molecule has 1 unspecified atom stereocenters. The summed E-state index contributed by atoms with van der Waals surface area (Å²) in [6, 6.07) is 5.95. The van der Waals surface area contributed by atoms with E-state index in [1.54, 1.807) is 0 Å². The predicted octanol–water partition coefficient (Wildman–Crippen LogP) is 6.22. The number of alkyl halides is 1. The molecule has 1 aromatic carbocycles. The maximum atomic E-state index is 12.4. The van der Waals surface area contributed by atoms with E-state index in [9.17, 15) is 4.79 Å². The number of fused-ring (bicyclic) bond motifs is 1. The van der Waals surface area contributed by atoms with Crippen LogP contribution in [-0.4, -0.2) is 26.0 Å². The summed E-state index contributed by atoms with van der Waals surface area (Å²) >= 11 is 7.63. The fourth-order valence-electron chi connectivity index (χ4n) is 3.76. The van der Waals surface area contributed by atoms with Gasteiger partial charge in [-0.05, 0) is 51.8 Å². The minimum atomic E-state index is -0.501. The molecule has 2 aromatic heterocycles. The highest BCUT2D eigenvalue weighted by Gasteiger charge is 2.18. The monoisotopic (exact) mass is 456 g/mol. The number of halogens is 1. The first-order valence-electron chi connectivity index (χ1n) is 10.2. The Hall–Kier alpha value is -2.64. The van der Waals surface area contributed by atoms with E-state index in [1.165, 1.54) is 16.9 Å². The third-order valence-electron chi connectivity index (χ3n) is 5.36. The second-order valence-electron chi connectivity index (χ2n) is 7.63. The van der Waals surface area contributed by atoms with Crippen LogP contribution < -0.4 is 5.32 Å². The maximum Gasteiger partial charge on any atom is 0.412 e.